The molecule has 2 aromatic carbocycles. The van der Waals surface area contributed by atoms with Crippen LogP contribution in [0.2, 0.25) is 0 Å². The number of hydrogen-bond donors (Lipinski definition) is 2. The van der Waals surface area contributed by atoms with Crippen LogP contribution in [0.15, 0.2) is 42.5 Å². The maximum absolute atomic E-state index is 12.0. The van der Waals surface area contributed by atoms with Gasteiger partial charge in [0.15, 0.2) is 5.11 Å². The number of anilines is 2. The SMILES string of the molecule is CCOC(=O)c1ccc(C)c(NC(=S)NCc2ccc(N3CCC[C@@H](C)C3)cc2)c1. The molecule has 5 nitrogen and oxygen atoms in total. The van der Waals surface area contributed by atoms with E-state index in [2.05, 4.69) is 46.7 Å². The minimum absolute atomic E-state index is 0.331. The fourth-order valence-electron chi connectivity index (χ4n) is 3.70. The van der Waals surface area contributed by atoms with Crippen LogP contribution in [-0.4, -0.2) is 30.8 Å². The number of piperidine rings is 1. The molecule has 0 spiro atoms. The second-order valence-electron chi connectivity index (χ2n) is 7.92. The van der Waals surface area contributed by atoms with Gasteiger partial charge in [0.1, 0.15) is 0 Å². The highest BCUT2D eigenvalue weighted by atomic mass is 32.1. The molecular formula is C24H31N3O2S. The van der Waals surface area contributed by atoms with E-state index in [1.807, 2.05) is 13.0 Å². The number of esters is 1. The van der Waals surface area contributed by atoms with Crippen LogP contribution in [0, 0.1) is 12.8 Å². The van der Waals surface area contributed by atoms with Gasteiger partial charge in [0.25, 0.3) is 0 Å². The minimum Gasteiger partial charge on any atom is -0.462 e. The molecule has 0 aliphatic carbocycles. The van der Waals surface area contributed by atoms with Crippen LogP contribution in [0.1, 0.15) is 48.2 Å². The fourth-order valence-corrected chi connectivity index (χ4v) is 3.88. The van der Waals surface area contributed by atoms with Gasteiger partial charge in [-0.2, -0.15) is 0 Å². The van der Waals surface area contributed by atoms with Crippen molar-refractivity contribution in [3.8, 4) is 0 Å². The highest BCUT2D eigenvalue weighted by Gasteiger charge is 2.16. The van der Waals surface area contributed by atoms with Crippen molar-refractivity contribution < 1.29 is 9.53 Å². The second kappa shape index (κ2) is 10.4. The van der Waals surface area contributed by atoms with Gasteiger partial charge in [0, 0.05) is 31.0 Å². The maximum Gasteiger partial charge on any atom is 0.338 e. The lowest BCUT2D eigenvalue weighted by atomic mass is 9.99. The monoisotopic (exact) mass is 425 g/mol. The number of nitrogens with one attached hydrogen (secondary N) is 2. The number of carbonyl (C=O) groups excluding carboxylic acids is 1. The van der Waals surface area contributed by atoms with Crippen molar-refractivity contribution in [1.29, 1.82) is 0 Å². The van der Waals surface area contributed by atoms with Gasteiger partial charge in [-0.15, -0.1) is 0 Å². The Morgan fingerprint density at radius 3 is 2.70 bits per heavy atom. The molecule has 0 aromatic heterocycles. The molecule has 1 aliphatic heterocycles. The third-order valence-electron chi connectivity index (χ3n) is 5.41. The number of hydrogen-bond acceptors (Lipinski definition) is 4. The van der Waals surface area contributed by atoms with Crippen molar-refractivity contribution in [2.24, 2.45) is 5.92 Å². The lowest BCUT2D eigenvalue weighted by molar-refractivity contribution is 0.0526. The molecule has 0 bridgehead atoms. The lowest BCUT2D eigenvalue weighted by Crippen LogP contribution is -2.34. The highest BCUT2D eigenvalue weighted by Crippen LogP contribution is 2.23. The van der Waals surface area contributed by atoms with Crippen LogP contribution < -0.4 is 15.5 Å². The van der Waals surface area contributed by atoms with E-state index < -0.39 is 0 Å². The first-order valence-corrected chi connectivity index (χ1v) is 11.0. The first-order valence-electron chi connectivity index (χ1n) is 10.6. The molecule has 6 heteroatoms. The van der Waals surface area contributed by atoms with Crippen LogP contribution in [0.5, 0.6) is 0 Å². The average Bonchev–Trinajstić information content (AvgIpc) is 2.74. The number of benzene rings is 2. The van der Waals surface area contributed by atoms with Crippen molar-refractivity contribution in [3.63, 3.8) is 0 Å². The number of rotatable bonds is 6. The van der Waals surface area contributed by atoms with Crippen LogP contribution >= 0.6 is 12.2 Å². The van der Waals surface area contributed by atoms with Gasteiger partial charge in [0.05, 0.1) is 12.2 Å². The zero-order valence-corrected chi connectivity index (χ0v) is 18.8. The summed E-state index contributed by atoms with van der Waals surface area (Å²) in [7, 11) is 0. The predicted octanol–water partition coefficient (Wildman–Crippen LogP) is 4.89. The minimum atomic E-state index is -0.331. The Morgan fingerprint density at radius 1 is 1.23 bits per heavy atom. The van der Waals surface area contributed by atoms with Gasteiger partial charge in [-0.05, 0) is 80.2 Å². The zero-order chi connectivity index (χ0) is 21.5. The summed E-state index contributed by atoms with van der Waals surface area (Å²) in [5, 5.41) is 6.96. The summed E-state index contributed by atoms with van der Waals surface area (Å²) in [6, 6.07) is 14.1. The van der Waals surface area contributed by atoms with E-state index >= 15 is 0 Å². The molecule has 2 aromatic rings. The van der Waals surface area contributed by atoms with Crippen molar-refractivity contribution in [1.82, 2.24) is 5.32 Å². The third kappa shape index (κ3) is 5.95. The second-order valence-corrected chi connectivity index (χ2v) is 8.33. The quantitative estimate of drug-likeness (QED) is 0.507. The number of aryl methyl sites for hydroxylation is 1. The Labute approximate surface area is 184 Å². The van der Waals surface area contributed by atoms with Crippen molar-refractivity contribution in [2.75, 3.05) is 29.9 Å². The molecule has 1 saturated heterocycles. The molecule has 1 atom stereocenters. The average molecular weight is 426 g/mol. The Morgan fingerprint density at radius 2 is 2.00 bits per heavy atom. The highest BCUT2D eigenvalue weighted by molar-refractivity contribution is 7.80. The Kier molecular flexibility index (Phi) is 7.69. The number of ether oxygens (including phenoxy) is 1. The first-order chi connectivity index (χ1) is 14.5. The summed E-state index contributed by atoms with van der Waals surface area (Å²) < 4.78 is 5.07. The Bertz CT molecular complexity index is 883. The molecule has 160 valence electrons. The number of carbonyl (C=O) groups is 1. The molecule has 0 unspecified atom stereocenters. The van der Waals surface area contributed by atoms with Crippen molar-refractivity contribution >= 4 is 34.7 Å². The Hall–Kier alpha value is -2.60. The van der Waals surface area contributed by atoms with Crippen LogP contribution in [0.25, 0.3) is 0 Å². The van der Waals surface area contributed by atoms with E-state index in [-0.39, 0.29) is 5.97 Å². The van der Waals surface area contributed by atoms with Crippen LogP contribution in [0.3, 0.4) is 0 Å². The molecule has 1 heterocycles. The number of thiocarbonyl (C=S) groups is 1. The summed E-state index contributed by atoms with van der Waals surface area (Å²) in [5.41, 5.74) is 4.78. The summed E-state index contributed by atoms with van der Waals surface area (Å²) in [4.78, 5) is 14.4. The molecule has 1 aliphatic rings. The zero-order valence-electron chi connectivity index (χ0n) is 18.0. The molecule has 2 N–H and O–H groups in total. The molecule has 0 saturated carbocycles. The van der Waals surface area contributed by atoms with E-state index in [4.69, 9.17) is 17.0 Å². The standard InChI is InChI=1S/C24H31N3O2S/c1-4-29-23(28)20-10-7-18(3)22(14-20)26-24(30)25-15-19-8-11-21(12-9-19)27-13-5-6-17(2)16-27/h7-12,14,17H,4-6,13,15-16H2,1-3H3,(H2,25,26,30)/t17-/m1/s1. The molecule has 3 rings (SSSR count). The Balaban J connectivity index is 1.54. The fraction of sp³-hybridized carbons (Fsp3) is 0.417. The van der Waals surface area contributed by atoms with E-state index in [0.29, 0.717) is 23.8 Å². The lowest BCUT2D eigenvalue weighted by Gasteiger charge is -2.32. The summed E-state index contributed by atoms with van der Waals surface area (Å²) in [5.74, 6) is 0.428. The van der Waals surface area contributed by atoms with Crippen LogP contribution in [-0.2, 0) is 11.3 Å². The van der Waals surface area contributed by atoms with E-state index in [1.54, 1.807) is 19.1 Å². The van der Waals surface area contributed by atoms with Gasteiger partial charge in [-0.25, -0.2) is 4.79 Å². The third-order valence-corrected chi connectivity index (χ3v) is 5.65. The van der Waals surface area contributed by atoms with Gasteiger partial charge in [-0.1, -0.05) is 25.1 Å². The first kappa shape index (κ1) is 22.1. The summed E-state index contributed by atoms with van der Waals surface area (Å²) in [6.07, 6.45) is 2.59. The molecule has 1 fully saturated rings. The number of nitrogens with zero attached hydrogens (tertiary/aromatic N) is 1. The van der Waals surface area contributed by atoms with Gasteiger partial charge >= 0.3 is 5.97 Å². The van der Waals surface area contributed by atoms with E-state index in [9.17, 15) is 4.79 Å². The van der Waals surface area contributed by atoms with E-state index in [0.717, 1.165) is 30.3 Å². The largest absolute Gasteiger partial charge is 0.462 e. The molecule has 0 radical (unpaired) electrons. The molecule has 0 amide bonds. The summed E-state index contributed by atoms with van der Waals surface area (Å²) in [6.45, 7) is 9.35. The van der Waals surface area contributed by atoms with Crippen molar-refractivity contribution in [3.05, 3.63) is 59.2 Å². The smallest absolute Gasteiger partial charge is 0.338 e. The maximum atomic E-state index is 12.0. The summed E-state index contributed by atoms with van der Waals surface area (Å²) >= 11 is 5.45. The predicted molar refractivity (Wildman–Crippen MR) is 127 cm³/mol. The van der Waals surface area contributed by atoms with Crippen LogP contribution in [0.4, 0.5) is 11.4 Å². The van der Waals surface area contributed by atoms with Gasteiger partial charge in [0.2, 0.25) is 0 Å². The normalized spacial score (nSPS) is 16.1. The van der Waals surface area contributed by atoms with E-state index in [1.165, 1.54) is 24.1 Å². The van der Waals surface area contributed by atoms with Gasteiger partial charge in [-0.3, -0.25) is 0 Å². The molecular weight excluding hydrogens is 394 g/mol. The van der Waals surface area contributed by atoms with Gasteiger partial charge < -0.3 is 20.3 Å². The topological polar surface area (TPSA) is 53.6 Å². The molecule has 30 heavy (non-hydrogen) atoms. The van der Waals surface area contributed by atoms with Crippen molar-refractivity contribution in [2.45, 2.75) is 40.2 Å².